The van der Waals surface area contributed by atoms with Gasteiger partial charge in [-0.25, -0.2) is 0 Å². The average molecular weight is 238 g/mol. The molecular weight excluding hydrogens is 212 g/mol. The van der Waals surface area contributed by atoms with Gasteiger partial charge >= 0.3 is 0 Å². The first kappa shape index (κ1) is 13.1. The number of piperidine rings is 1. The summed E-state index contributed by atoms with van der Waals surface area (Å²) in [5, 5.41) is 3.37. The Bertz CT molecular complexity index is 247. The summed E-state index contributed by atoms with van der Waals surface area (Å²) in [6.45, 7) is 8.98. The normalized spacial score (nSPS) is 23.7. The van der Waals surface area contributed by atoms with E-state index in [0.29, 0.717) is 6.10 Å². The van der Waals surface area contributed by atoms with Crippen molar-refractivity contribution in [2.24, 2.45) is 0 Å². The van der Waals surface area contributed by atoms with E-state index in [-0.39, 0.29) is 0 Å². The third-order valence-electron chi connectivity index (χ3n) is 3.78. The second kappa shape index (κ2) is 7.14. The maximum absolute atomic E-state index is 5.91. The van der Waals surface area contributed by atoms with Crippen molar-refractivity contribution in [3.8, 4) is 0 Å². The maximum atomic E-state index is 5.91. The Kier molecular flexibility index (Phi) is 5.49. The summed E-state index contributed by atoms with van der Waals surface area (Å²) in [4.78, 5) is 2.53. The number of hydrogen-bond donors (Lipinski definition) is 1. The van der Waals surface area contributed by atoms with Crippen molar-refractivity contribution in [1.29, 1.82) is 0 Å². The second-order valence-corrected chi connectivity index (χ2v) is 5.27. The summed E-state index contributed by atoms with van der Waals surface area (Å²) >= 11 is 0. The van der Waals surface area contributed by atoms with Crippen LogP contribution in [0.2, 0.25) is 0 Å². The fraction of sp³-hybridized carbons (Fsp3) is 0.857. The molecule has 0 amide bonds. The van der Waals surface area contributed by atoms with Crippen LogP contribution in [-0.4, -0.2) is 50.3 Å². The predicted octanol–water partition coefficient (Wildman–Crippen LogP) is 1.80. The van der Waals surface area contributed by atoms with Crippen LogP contribution in [-0.2, 0) is 4.74 Å². The minimum atomic E-state index is 0.514. The molecule has 0 aromatic heterocycles. The van der Waals surface area contributed by atoms with E-state index in [4.69, 9.17) is 4.74 Å². The minimum Gasteiger partial charge on any atom is -0.378 e. The lowest BCUT2D eigenvalue weighted by Crippen LogP contribution is -2.33. The lowest BCUT2D eigenvalue weighted by molar-refractivity contribution is 0.0281. The molecule has 98 valence electrons. The number of nitrogens with zero attached hydrogens (tertiary/aromatic N) is 1. The van der Waals surface area contributed by atoms with Crippen LogP contribution in [0, 0.1) is 0 Å². The van der Waals surface area contributed by atoms with Crippen LogP contribution < -0.4 is 5.32 Å². The van der Waals surface area contributed by atoms with Crippen molar-refractivity contribution in [3.63, 3.8) is 0 Å². The maximum Gasteiger partial charge on any atom is 0.0599 e. The van der Waals surface area contributed by atoms with Gasteiger partial charge in [-0.15, -0.1) is 0 Å². The Balaban J connectivity index is 1.51. The molecule has 0 atom stereocenters. The largest absolute Gasteiger partial charge is 0.378 e. The van der Waals surface area contributed by atoms with Crippen LogP contribution in [0.5, 0.6) is 0 Å². The molecule has 17 heavy (non-hydrogen) atoms. The van der Waals surface area contributed by atoms with Gasteiger partial charge in [0.05, 0.1) is 6.10 Å². The number of nitrogens with one attached hydrogen (secondary N) is 1. The summed E-state index contributed by atoms with van der Waals surface area (Å²) in [5.41, 5.74) is 1.55. The number of ether oxygens (including phenoxy) is 1. The molecule has 2 heterocycles. The highest BCUT2D eigenvalue weighted by molar-refractivity contribution is 5.03. The Hall–Kier alpha value is -0.380. The van der Waals surface area contributed by atoms with Gasteiger partial charge in [0, 0.05) is 26.2 Å². The van der Waals surface area contributed by atoms with Gasteiger partial charge in [0.1, 0.15) is 0 Å². The van der Waals surface area contributed by atoms with Crippen LogP contribution in [0.3, 0.4) is 0 Å². The molecule has 1 saturated heterocycles. The standard InChI is InChI=1S/C14H26N2O/c1-13-5-10-16(11-6-13)9-2-12-17-14-3-7-15-8-4-14/h5,14-15H,2-4,6-12H2,1H3. The summed E-state index contributed by atoms with van der Waals surface area (Å²) in [6.07, 6.45) is 7.67. The number of rotatable bonds is 5. The van der Waals surface area contributed by atoms with Crippen molar-refractivity contribution >= 4 is 0 Å². The van der Waals surface area contributed by atoms with Gasteiger partial charge in [0.25, 0.3) is 0 Å². The van der Waals surface area contributed by atoms with Crippen molar-refractivity contribution in [3.05, 3.63) is 11.6 Å². The molecule has 0 bridgehead atoms. The zero-order chi connectivity index (χ0) is 11.9. The van der Waals surface area contributed by atoms with Gasteiger partial charge in [0.2, 0.25) is 0 Å². The van der Waals surface area contributed by atoms with Gasteiger partial charge in [-0.05, 0) is 45.7 Å². The highest BCUT2D eigenvalue weighted by Gasteiger charge is 2.13. The van der Waals surface area contributed by atoms with Crippen LogP contribution in [0.1, 0.15) is 32.6 Å². The van der Waals surface area contributed by atoms with Crippen molar-refractivity contribution in [1.82, 2.24) is 10.2 Å². The molecule has 3 nitrogen and oxygen atoms in total. The second-order valence-electron chi connectivity index (χ2n) is 5.27. The molecule has 1 fully saturated rings. The highest BCUT2D eigenvalue weighted by Crippen LogP contribution is 2.11. The SMILES string of the molecule is CC1=CCN(CCCOC2CCNCC2)CC1. The minimum absolute atomic E-state index is 0.514. The molecule has 0 saturated carbocycles. The Labute approximate surface area is 105 Å². The molecule has 3 heteroatoms. The lowest BCUT2D eigenvalue weighted by atomic mass is 10.1. The van der Waals surface area contributed by atoms with Crippen LogP contribution >= 0.6 is 0 Å². The molecule has 2 aliphatic rings. The van der Waals surface area contributed by atoms with E-state index in [0.717, 1.165) is 26.2 Å². The molecule has 0 aliphatic carbocycles. The van der Waals surface area contributed by atoms with Crippen LogP contribution in [0.15, 0.2) is 11.6 Å². The zero-order valence-corrected chi connectivity index (χ0v) is 11.1. The van der Waals surface area contributed by atoms with E-state index >= 15 is 0 Å². The van der Waals surface area contributed by atoms with E-state index in [1.54, 1.807) is 5.57 Å². The van der Waals surface area contributed by atoms with Gasteiger partial charge in [-0.1, -0.05) is 11.6 Å². The fourth-order valence-electron chi connectivity index (χ4n) is 2.52. The van der Waals surface area contributed by atoms with Crippen molar-refractivity contribution in [2.45, 2.75) is 38.7 Å². The quantitative estimate of drug-likeness (QED) is 0.584. The van der Waals surface area contributed by atoms with Crippen LogP contribution in [0.25, 0.3) is 0 Å². The molecule has 2 aliphatic heterocycles. The van der Waals surface area contributed by atoms with E-state index in [1.165, 1.54) is 38.8 Å². The van der Waals surface area contributed by atoms with E-state index in [2.05, 4.69) is 23.2 Å². The van der Waals surface area contributed by atoms with Crippen molar-refractivity contribution in [2.75, 3.05) is 39.3 Å². The summed E-state index contributed by atoms with van der Waals surface area (Å²) < 4.78 is 5.91. The van der Waals surface area contributed by atoms with Crippen molar-refractivity contribution < 1.29 is 4.74 Å². The smallest absolute Gasteiger partial charge is 0.0599 e. The molecule has 0 aromatic rings. The first-order valence-corrected chi connectivity index (χ1v) is 7.05. The molecule has 0 aromatic carbocycles. The molecule has 1 N–H and O–H groups in total. The third-order valence-corrected chi connectivity index (χ3v) is 3.78. The van der Waals surface area contributed by atoms with E-state index < -0.39 is 0 Å². The molecule has 0 spiro atoms. The average Bonchev–Trinajstić information content (AvgIpc) is 2.38. The molecule has 2 rings (SSSR count). The zero-order valence-electron chi connectivity index (χ0n) is 11.1. The van der Waals surface area contributed by atoms with Crippen LogP contribution in [0.4, 0.5) is 0 Å². The van der Waals surface area contributed by atoms with Gasteiger partial charge in [0.15, 0.2) is 0 Å². The van der Waals surface area contributed by atoms with Gasteiger partial charge < -0.3 is 10.1 Å². The predicted molar refractivity (Wildman–Crippen MR) is 71.3 cm³/mol. The van der Waals surface area contributed by atoms with E-state index in [9.17, 15) is 0 Å². The van der Waals surface area contributed by atoms with E-state index in [1.807, 2.05) is 0 Å². The monoisotopic (exact) mass is 238 g/mol. The fourth-order valence-corrected chi connectivity index (χ4v) is 2.52. The Morgan fingerprint density at radius 1 is 1.41 bits per heavy atom. The van der Waals surface area contributed by atoms with Gasteiger partial charge in [-0.3, -0.25) is 4.90 Å². The Morgan fingerprint density at radius 3 is 2.94 bits per heavy atom. The third kappa shape index (κ3) is 4.78. The summed E-state index contributed by atoms with van der Waals surface area (Å²) in [5.74, 6) is 0. The molecular formula is C14H26N2O. The highest BCUT2D eigenvalue weighted by atomic mass is 16.5. The first-order valence-electron chi connectivity index (χ1n) is 7.05. The Morgan fingerprint density at radius 2 is 2.24 bits per heavy atom. The van der Waals surface area contributed by atoms with Gasteiger partial charge in [-0.2, -0.15) is 0 Å². The topological polar surface area (TPSA) is 24.5 Å². The lowest BCUT2D eigenvalue weighted by Gasteiger charge is -2.26. The first-order chi connectivity index (χ1) is 8.34. The molecule has 0 unspecified atom stereocenters. The number of hydrogen-bond acceptors (Lipinski definition) is 3. The summed E-state index contributed by atoms with van der Waals surface area (Å²) in [7, 11) is 0. The summed E-state index contributed by atoms with van der Waals surface area (Å²) in [6, 6.07) is 0. The molecule has 0 radical (unpaired) electrons.